The Bertz CT molecular complexity index is 160. The Morgan fingerprint density at radius 1 is 0.938 bits per heavy atom. The number of primary amides is 1. The molecule has 3 heteroatoms. The Balaban J connectivity index is 2.90. The smallest absolute Gasteiger partial charge is 0.243 e. The molecule has 0 aromatic rings. The van der Waals surface area contributed by atoms with Crippen LogP contribution < -0.4 is 5.73 Å². The first-order valence-electron chi connectivity index (χ1n) is 6.63. The maximum atomic E-state index is 10.4. The molecule has 0 unspecified atom stereocenters. The summed E-state index contributed by atoms with van der Waals surface area (Å²) >= 11 is 0. The third kappa shape index (κ3) is 13.4. The molecule has 0 radical (unpaired) electrons. The van der Waals surface area contributed by atoms with E-state index in [4.69, 9.17) is 10.5 Å². The summed E-state index contributed by atoms with van der Waals surface area (Å²) in [5, 5.41) is 0. The van der Waals surface area contributed by atoms with E-state index >= 15 is 0 Å². The summed E-state index contributed by atoms with van der Waals surface area (Å²) < 4.78 is 5.08. The summed E-state index contributed by atoms with van der Waals surface area (Å²) in [6, 6.07) is 0. The molecule has 2 N–H and O–H groups in total. The highest BCUT2D eigenvalue weighted by Crippen LogP contribution is 2.09. The minimum absolute atomic E-state index is 0.0665. The van der Waals surface area contributed by atoms with Crippen molar-refractivity contribution in [3.05, 3.63) is 0 Å². The van der Waals surface area contributed by atoms with Crippen molar-refractivity contribution >= 4 is 5.91 Å². The molecule has 0 aliphatic heterocycles. The van der Waals surface area contributed by atoms with Crippen LogP contribution in [0.3, 0.4) is 0 Å². The van der Waals surface area contributed by atoms with Crippen LogP contribution in [0.15, 0.2) is 0 Å². The van der Waals surface area contributed by atoms with E-state index in [2.05, 4.69) is 6.92 Å². The van der Waals surface area contributed by atoms with Gasteiger partial charge in [0.05, 0.1) is 0 Å². The van der Waals surface area contributed by atoms with E-state index in [1.54, 1.807) is 0 Å². The van der Waals surface area contributed by atoms with Crippen molar-refractivity contribution in [2.24, 2.45) is 5.73 Å². The van der Waals surface area contributed by atoms with Crippen molar-refractivity contribution in [3.63, 3.8) is 0 Å². The standard InChI is InChI=1S/C13H27NO2/c1-2-3-4-5-6-7-8-9-10-11-16-12-13(14)15/h2-12H2,1H3,(H2,14,15). The lowest BCUT2D eigenvalue weighted by Gasteiger charge is -2.02. The van der Waals surface area contributed by atoms with Gasteiger partial charge in [-0.2, -0.15) is 0 Å². The molecule has 0 aromatic heterocycles. The Kier molecular flexibility index (Phi) is 12.1. The number of unbranched alkanes of at least 4 members (excludes halogenated alkanes) is 8. The molecule has 0 heterocycles. The molecule has 0 fully saturated rings. The van der Waals surface area contributed by atoms with Crippen LogP contribution in [-0.2, 0) is 9.53 Å². The average molecular weight is 229 g/mol. The van der Waals surface area contributed by atoms with Gasteiger partial charge in [-0.05, 0) is 6.42 Å². The summed E-state index contributed by atoms with van der Waals surface area (Å²) in [6.45, 7) is 2.97. The second-order valence-electron chi connectivity index (χ2n) is 4.35. The van der Waals surface area contributed by atoms with E-state index in [0.29, 0.717) is 6.61 Å². The van der Waals surface area contributed by atoms with Gasteiger partial charge in [-0.25, -0.2) is 0 Å². The second-order valence-corrected chi connectivity index (χ2v) is 4.35. The van der Waals surface area contributed by atoms with Crippen LogP contribution >= 0.6 is 0 Å². The van der Waals surface area contributed by atoms with Crippen molar-refractivity contribution in [1.29, 1.82) is 0 Å². The van der Waals surface area contributed by atoms with Crippen molar-refractivity contribution in [3.8, 4) is 0 Å². The number of hydrogen-bond acceptors (Lipinski definition) is 2. The molecular weight excluding hydrogens is 202 g/mol. The van der Waals surface area contributed by atoms with Gasteiger partial charge >= 0.3 is 0 Å². The van der Waals surface area contributed by atoms with E-state index in [9.17, 15) is 4.79 Å². The van der Waals surface area contributed by atoms with Crippen LogP contribution in [0, 0.1) is 0 Å². The number of ether oxygens (including phenoxy) is 1. The summed E-state index contributed by atoms with van der Waals surface area (Å²) in [5.74, 6) is -0.379. The lowest BCUT2D eigenvalue weighted by Crippen LogP contribution is -2.18. The fourth-order valence-corrected chi connectivity index (χ4v) is 1.69. The highest BCUT2D eigenvalue weighted by molar-refractivity contribution is 5.74. The Labute approximate surface area is 99.7 Å². The average Bonchev–Trinajstić information content (AvgIpc) is 2.25. The van der Waals surface area contributed by atoms with E-state index < -0.39 is 0 Å². The molecular formula is C13H27NO2. The molecule has 0 aliphatic rings. The highest BCUT2D eigenvalue weighted by atomic mass is 16.5. The van der Waals surface area contributed by atoms with Gasteiger partial charge in [-0.15, -0.1) is 0 Å². The molecule has 16 heavy (non-hydrogen) atoms. The van der Waals surface area contributed by atoms with Crippen molar-refractivity contribution in [2.45, 2.75) is 64.7 Å². The van der Waals surface area contributed by atoms with Crippen LogP contribution in [0.25, 0.3) is 0 Å². The minimum Gasteiger partial charge on any atom is -0.372 e. The van der Waals surface area contributed by atoms with Gasteiger partial charge in [-0.1, -0.05) is 58.3 Å². The first-order valence-corrected chi connectivity index (χ1v) is 6.63. The van der Waals surface area contributed by atoms with Gasteiger partial charge in [0.15, 0.2) is 0 Å². The predicted octanol–water partition coefficient (Wildman–Crippen LogP) is 3.02. The molecule has 0 atom stereocenters. The summed E-state index contributed by atoms with van der Waals surface area (Å²) in [4.78, 5) is 10.4. The molecule has 0 aromatic carbocycles. The zero-order chi connectivity index (χ0) is 12.1. The first-order chi connectivity index (χ1) is 7.77. The lowest BCUT2D eigenvalue weighted by atomic mass is 10.1. The van der Waals surface area contributed by atoms with Crippen LogP contribution in [0.1, 0.15) is 64.7 Å². The van der Waals surface area contributed by atoms with Gasteiger partial charge in [0.2, 0.25) is 5.91 Å². The zero-order valence-corrected chi connectivity index (χ0v) is 10.7. The summed E-state index contributed by atoms with van der Waals surface area (Å²) in [5.41, 5.74) is 4.95. The van der Waals surface area contributed by atoms with Crippen LogP contribution in [0.2, 0.25) is 0 Å². The Morgan fingerprint density at radius 2 is 1.44 bits per heavy atom. The van der Waals surface area contributed by atoms with Gasteiger partial charge in [0, 0.05) is 6.61 Å². The number of carbonyl (C=O) groups excluding carboxylic acids is 1. The predicted molar refractivity (Wildman–Crippen MR) is 67.2 cm³/mol. The Hall–Kier alpha value is -0.570. The molecule has 0 spiro atoms. The number of rotatable bonds is 12. The maximum absolute atomic E-state index is 10.4. The molecule has 0 bridgehead atoms. The zero-order valence-electron chi connectivity index (χ0n) is 10.7. The number of hydrogen-bond donors (Lipinski definition) is 1. The summed E-state index contributed by atoms with van der Waals surface area (Å²) in [6.07, 6.45) is 11.7. The second kappa shape index (κ2) is 12.5. The lowest BCUT2D eigenvalue weighted by molar-refractivity contribution is -0.122. The SMILES string of the molecule is CCCCCCCCCCCOCC(N)=O. The fourth-order valence-electron chi connectivity index (χ4n) is 1.69. The molecule has 3 nitrogen and oxygen atoms in total. The van der Waals surface area contributed by atoms with E-state index in [1.807, 2.05) is 0 Å². The fraction of sp³-hybridized carbons (Fsp3) is 0.923. The summed E-state index contributed by atoms with van der Waals surface area (Å²) in [7, 11) is 0. The Morgan fingerprint density at radius 3 is 1.94 bits per heavy atom. The van der Waals surface area contributed by atoms with Crippen LogP contribution in [0.5, 0.6) is 0 Å². The van der Waals surface area contributed by atoms with E-state index in [-0.39, 0.29) is 12.5 Å². The van der Waals surface area contributed by atoms with E-state index in [0.717, 1.165) is 6.42 Å². The van der Waals surface area contributed by atoms with Crippen LogP contribution in [0.4, 0.5) is 0 Å². The van der Waals surface area contributed by atoms with Crippen molar-refractivity contribution in [1.82, 2.24) is 0 Å². The molecule has 0 saturated carbocycles. The van der Waals surface area contributed by atoms with Crippen molar-refractivity contribution < 1.29 is 9.53 Å². The van der Waals surface area contributed by atoms with Gasteiger partial charge in [-0.3, -0.25) is 4.79 Å². The van der Waals surface area contributed by atoms with E-state index in [1.165, 1.54) is 51.4 Å². The highest BCUT2D eigenvalue weighted by Gasteiger charge is 1.94. The topological polar surface area (TPSA) is 52.3 Å². The monoisotopic (exact) mass is 229 g/mol. The largest absolute Gasteiger partial charge is 0.372 e. The molecule has 0 aliphatic carbocycles. The molecule has 96 valence electrons. The minimum atomic E-state index is -0.379. The first kappa shape index (κ1) is 15.4. The van der Waals surface area contributed by atoms with Crippen LogP contribution in [-0.4, -0.2) is 19.1 Å². The third-order valence-corrected chi connectivity index (χ3v) is 2.64. The number of amides is 1. The number of nitrogens with two attached hydrogens (primary N) is 1. The molecule has 1 amide bonds. The third-order valence-electron chi connectivity index (χ3n) is 2.64. The molecule has 0 saturated heterocycles. The maximum Gasteiger partial charge on any atom is 0.243 e. The van der Waals surface area contributed by atoms with Crippen molar-refractivity contribution in [2.75, 3.05) is 13.2 Å². The van der Waals surface area contributed by atoms with Gasteiger partial charge in [0.1, 0.15) is 6.61 Å². The molecule has 0 rings (SSSR count). The normalized spacial score (nSPS) is 10.6. The quantitative estimate of drug-likeness (QED) is 0.523. The van der Waals surface area contributed by atoms with Gasteiger partial charge < -0.3 is 10.5 Å². The number of carbonyl (C=O) groups is 1. The van der Waals surface area contributed by atoms with Gasteiger partial charge in [0.25, 0.3) is 0 Å².